The number of carbonyl (C=O) groups is 2. The Labute approximate surface area is 103 Å². The van der Waals surface area contributed by atoms with E-state index in [1.54, 1.807) is 0 Å². The van der Waals surface area contributed by atoms with Crippen molar-refractivity contribution < 1.29 is 19.1 Å². The van der Waals surface area contributed by atoms with Gasteiger partial charge in [-0.15, -0.1) is 0 Å². The van der Waals surface area contributed by atoms with Gasteiger partial charge in [0.25, 0.3) is 5.91 Å². The second-order valence-corrected chi connectivity index (χ2v) is 4.19. The van der Waals surface area contributed by atoms with Crippen molar-refractivity contribution in [2.24, 2.45) is 0 Å². The van der Waals surface area contributed by atoms with E-state index >= 15 is 0 Å². The molecule has 1 fully saturated rings. The van der Waals surface area contributed by atoms with Crippen LogP contribution in [0.5, 0.6) is 0 Å². The molecule has 0 spiro atoms. The summed E-state index contributed by atoms with van der Waals surface area (Å²) in [6.07, 6.45) is 3.15. The summed E-state index contributed by atoms with van der Waals surface area (Å²) in [5, 5.41) is 9.07. The van der Waals surface area contributed by atoms with Gasteiger partial charge in [0, 0.05) is 12.7 Å². The maximum absolute atomic E-state index is 13.4. The third-order valence-electron chi connectivity index (χ3n) is 3.04. The van der Waals surface area contributed by atoms with E-state index in [2.05, 4.69) is 4.98 Å². The molecule has 0 bridgehead atoms. The molecule has 0 radical (unpaired) electrons. The van der Waals surface area contributed by atoms with Crippen molar-refractivity contribution in [2.45, 2.75) is 25.3 Å². The summed E-state index contributed by atoms with van der Waals surface area (Å²) < 4.78 is 13.4. The number of halogens is 1. The number of carboxylic acid groups (broad SMARTS) is 1. The van der Waals surface area contributed by atoms with Crippen LogP contribution in [0.15, 0.2) is 18.3 Å². The molecule has 0 aliphatic carbocycles. The monoisotopic (exact) mass is 252 g/mol. The van der Waals surface area contributed by atoms with Crippen LogP contribution in [-0.2, 0) is 4.79 Å². The SMILES string of the molecule is O=C(O)[C@@H]1CCCCN1C(=O)c1cccnc1F. The molecule has 0 saturated carbocycles. The Balaban J connectivity index is 2.27. The first-order valence-electron chi connectivity index (χ1n) is 5.75. The third kappa shape index (κ3) is 2.32. The van der Waals surface area contributed by atoms with Crippen LogP contribution in [0.3, 0.4) is 0 Å². The van der Waals surface area contributed by atoms with E-state index in [0.717, 1.165) is 12.8 Å². The summed E-state index contributed by atoms with van der Waals surface area (Å²) in [4.78, 5) is 27.8. The zero-order valence-corrected chi connectivity index (χ0v) is 9.67. The molecule has 6 heteroatoms. The Morgan fingerprint density at radius 3 is 2.89 bits per heavy atom. The fraction of sp³-hybridized carbons (Fsp3) is 0.417. The minimum atomic E-state index is -1.05. The number of amides is 1. The van der Waals surface area contributed by atoms with Gasteiger partial charge in [-0.25, -0.2) is 9.78 Å². The zero-order valence-electron chi connectivity index (χ0n) is 9.67. The summed E-state index contributed by atoms with van der Waals surface area (Å²) in [5.74, 6) is -2.52. The second kappa shape index (κ2) is 5.12. The highest BCUT2D eigenvalue weighted by atomic mass is 19.1. The van der Waals surface area contributed by atoms with Crippen molar-refractivity contribution in [1.82, 2.24) is 9.88 Å². The van der Waals surface area contributed by atoms with Crippen molar-refractivity contribution >= 4 is 11.9 Å². The number of rotatable bonds is 2. The lowest BCUT2D eigenvalue weighted by molar-refractivity contribution is -0.143. The van der Waals surface area contributed by atoms with Gasteiger partial charge >= 0.3 is 5.97 Å². The molecule has 5 nitrogen and oxygen atoms in total. The molecular weight excluding hydrogens is 239 g/mol. The number of carboxylic acids is 1. The summed E-state index contributed by atoms with van der Waals surface area (Å²) >= 11 is 0. The van der Waals surface area contributed by atoms with Crippen molar-refractivity contribution in [1.29, 1.82) is 0 Å². The second-order valence-electron chi connectivity index (χ2n) is 4.19. The first kappa shape index (κ1) is 12.5. The number of nitrogens with zero attached hydrogens (tertiary/aromatic N) is 2. The normalized spacial score (nSPS) is 19.6. The molecule has 96 valence electrons. The van der Waals surface area contributed by atoms with E-state index in [1.807, 2.05) is 0 Å². The van der Waals surface area contributed by atoms with Gasteiger partial charge in [-0.1, -0.05) is 0 Å². The fourth-order valence-corrected chi connectivity index (χ4v) is 2.13. The summed E-state index contributed by atoms with van der Waals surface area (Å²) in [7, 11) is 0. The highest BCUT2D eigenvalue weighted by Crippen LogP contribution is 2.20. The number of hydrogen-bond donors (Lipinski definition) is 1. The molecule has 18 heavy (non-hydrogen) atoms. The van der Waals surface area contributed by atoms with Crippen LogP contribution in [0.25, 0.3) is 0 Å². The van der Waals surface area contributed by atoms with Crippen LogP contribution in [0, 0.1) is 5.95 Å². The molecule has 1 aliphatic rings. The largest absolute Gasteiger partial charge is 0.480 e. The van der Waals surface area contributed by atoms with Crippen LogP contribution in [0.2, 0.25) is 0 Å². The van der Waals surface area contributed by atoms with Gasteiger partial charge in [0.1, 0.15) is 6.04 Å². The Morgan fingerprint density at radius 1 is 1.44 bits per heavy atom. The Morgan fingerprint density at radius 2 is 2.22 bits per heavy atom. The Kier molecular flexibility index (Phi) is 3.55. The average Bonchev–Trinajstić information content (AvgIpc) is 2.38. The van der Waals surface area contributed by atoms with E-state index < -0.39 is 23.9 Å². The number of pyridine rings is 1. The average molecular weight is 252 g/mol. The number of hydrogen-bond acceptors (Lipinski definition) is 3. The molecule has 2 rings (SSSR count). The lowest BCUT2D eigenvalue weighted by atomic mass is 10.0. The number of piperidine rings is 1. The molecule has 1 N–H and O–H groups in total. The van der Waals surface area contributed by atoms with Gasteiger partial charge in [-0.3, -0.25) is 4.79 Å². The van der Waals surface area contributed by atoms with Crippen molar-refractivity contribution in [3.63, 3.8) is 0 Å². The molecular formula is C12H13FN2O3. The van der Waals surface area contributed by atoms with Gasteiger partial charge in [0.05, 0.1) is 5.56 Å². The minimum Gasteiger partial charge on any atom is -0.480 e. The van der Waals surface area contributed by atoms with Crippen molar-refractivity contribution in [2.75, 3.05) is 6.54 Å². The van der Waals surface area contributed by atoms with Gasteiger partial charge < -0.3 is 10.0 Å². The summed E-state index contributed by atoms with van der Waals surface area (Å²) in [6.45, 7) is 0.337. The number of aromatic nitrogens is 1. The lowest BCUT2D eigenvalue weighted by Gasteiger charge is -2.32. The first-order valence-corrected chi connectivity index (χ1v) is 5.75. The highest BCUT2D eigenvalue weighted by molar-refractivity contribution is 5.96. The summed E-state index contributed by atoms with van der Waals surface area (Å²) in [5.41, 5.74) is -0.175. The minimum absolute atomic E-state index is 0.175. The number of carbonyl (C=O) groups excluding carboxylic acids is 1. The van der Waals surface area contributed by atoms with Crippen LogP contribution in [0.4, 0.5) is 4.39 Å². The predicted molar refractivity (Wildman–Crippen MR) is 60.5 cm³/mol. The fourth-order valence-electron chi connectivity index (χ4n) is 2.13. The van der Waals surface area contributed by atoms with E-state index in [0.29, 0.717) is 13.0 Å². The quantitative estimate of drug-likeness (QED) is 0.805. The van der Waals surface area contributed by atoms with Crippen molar-refractivity contribution in [3.05, 3.63) is 29.8 Å². The lowest BCUT2D eigenvalue weighted by Crippen LogP contribution is -2.48. The molecule has 0 unspecified atom stereocenters. The van der Waals surface area contributed by atoms with Crippen LogP contribution >= 0.6 is 0 Å². The number of aliphatic carboxylic acids is 1. The Hall–Kier alpha value is -1.98. The molecule has 1 saturated heterocycles. The van der Waals surface area contributed by atoms with E-state index in [-0.39, 0.29) is 5.56 Å². The van der Waals surface area contributed by atoms with Crippen LogP contribution in [-0.4, -0.2) is 39.5 Å². The molecule has 1 aliphatic heterocycles. The van der Waals surface area contributed by atoms with Crippen LogP contribution in [0.1, 0.15) is 29.6 Å². The zero-order chi connectivity index (χ0) is 13.1. The molecule has 1 amide bonds. The molecule has 2 heterocycles. The third-order valence-corrected chi connectivity index (χ3v) is 3.04. The van der Waals surface area contributed by atoms with Gasteiger partial charge in [-0.05, 0) is 31.4 Å². The topological polar surface area (TPSA) is 70.5 Å². The van der Waals surface area contributed by atoms with Gasteiger partial charge in [-0.2, -0.15) is 4.39 Å². The molecule has 1 atom stereocenters. The predicted octanol–water partition coefficient (Wildman–Crippen LogP) is 1.30. The molecule has 0 aromatic carbocycles. The summed E-state index contributed by atoms with van der Waals surface area (Å²) in [6, 6.07) is 1.90. The van der Waals surface area contributed by atoms with E-state index in [1.165, 1.54) is 23.2 Å². The maximum Gasteiger partial charge on any atom is 0.326 e. The van der Waals surface area contributed by atoms with Gasteiger partial charge in [0.15, 0.2) is 0 Å². The first-order chi connectivity index (χ1) is 8.61. The maximum atomic E-state index is 13.4. The highest BCUT2D eigenvalue weighted by Gasteiger charge is 2.33. The van der Waals surface area contributed by atoms with Crippen molar-refractivity contribution in [3.8, 4) is 0 Å². The Bertz CT molecular complexity index is 478. The molecule has 1 aromatic heterocycles. The van der Waals surface area contributed by atoms with Gasteiger partial charge in [0.2, 0.25) is 5.95 Å². The van der Waals surface area contributed by atoms with Crippen LogP contribution < -0.4 is 0 Å². The number of likely N-dealkylation sites (tertiary alicyclic amines) is 1. The molecule has 1 aromatic rings. The van der Waals surface area contributed by atoms with E-state index in [9.17, 15) is 14.0 Å². The smallest absolute Gasteiger partial charge is 0.326 e. The standard InChI is InChI=1S/C12H13FN2O3/c13-10-8(4-3-6-14-10)11(16)15-7-2-1-5-9(15)12(17)18/h3-4,6,9H,1-2,5,7H2,(H,17,18)/t9-/m0/s1. The van der Waals surface area contributed by atoms with E-state index in [4.69, 9.17) is 5.11 Å².